The Kier molecular flexibility index (Phi) is 5.55. The van der Waals surface area contributed by atoms with Gasteiger partial charge in [-0.25, -0.2) is 9.59 Å². The number of primary amides is 1. The van der Waals surface area contributed by atoms with Crippen LogP contribution in [0.25, 0.3) is 11.1 Å². The Morgan fingerprint density at radius 3 is 2.60 bits per heavy atom. The van der Waals surface area contributed by atoms with Gasteiger partial charge in [0.2, 0.25) is 0 Å². The molecule has 0 atom stereocenters. The van der Waals surface area contributed by atoms with Gasteiger partial charge >= 0.3 is 12.1 Å². The minimum Gasteiger partial charge on any atom is -0.444 e. The van der Waals surface area contributed by atoms with Crippen LogP contribution in [-0.4, -0.2) is 28.6 Å². The van der Waals surface area contributed by atoms with Gasteiger partial charge in [0.05, 0.1) is 5.57 Å². The molecule has 2 aromatic rings. The fraction of sp³-hybridized carbons (Fsp3) is 0.286. The van der Waals surface area contributed by atoms with Crippen molar-refractivity contribution < 1.29 is 19.1 Å². The van der Waals surface area contributed by atoms with Crippen molar-refractivity contribution in [3.05, 3.63) is 47.3 Å². The van der Waals surface area contributed by atoms with Gasteiger partial charge in [0, 0.05) is 35.4 Å². The van der Waals surface area contributed by atoms with E-state index >= 15 is 0 Å². The molecule has 1 aliphatic heterocycles. The van der Waals surface area contributed by atoms with E-state index in [1.807, 2.05) is 13.0 Å². The Morgan fingerprint density at radius 2 is 1.93 bits per heavy atom. The second-order valence-electron chi connectivity index (χ2n) is 7.98. The third-order valence-corrected chi connectivity index (χ3v) is 4.39. The smallest absolute Gasteiger partial charge is 0.407 e. The minimum atomic E-state index is -0.680. The number of amides is 4. The van der Waals surface area contributed by atoms with Gasteiger partial charge < -0.3 is 31.4 Å². The first kappa shape index (κ1) is 21.0. The number of hydrogen-bond acceptors (Lipinski definition) is 4. The molecule has 0 radical (unpaired) electrons. The van der Waals surface area contributed by atoms with E-state index in [9.17, 15) is 14.4 Å². The Bertz CT molecular complexity index is 1050. The number of alkyl carbamates (subject to hydrolysis) is 1. The summed E-state index contributed by atoms with van der Waals surface area (Å²) in [4.78, 5) is 38.7. The largest absolute Gasteiger partial charge is 0.444 e. The van der Waals surface area contributed by atoms with Crippen LogP contribution in [0.5, 0.6) is 0 Å². The zero-order valence-corrected chi connectivity index (χ0v) is 17.3. The third-order valence-electron chi connectivity index (χ3n) is 4.39. The maximum Gasteiger partial charge on any atom is 0.407 e. The summed E-state index contributed by atoms with van der Waals surface area (Å²) in [5, 5.41) is 8.03. The molecule has 0 aliphatic carbocycles. The van der Waals surface area contributed by atoms with Crippen LogP contribution in [0.4, 0.5) is 21.0 Å². The molecule has 0 unspecified atom stereocenters. The SMILES string of the molecule is C/C(=C1/C(=O)Nc2ccc(NC(N)=O)cc21)c1cc(CNC(=O)OC(C)(C)C)c[nH]1. The van der Waals surface area contributed by atoms with E-state index in [4.69, 9.17) is 10.5 Å². The maximum atomic E-state index is 12.6. The Hall–Kier alpha value is -3.75. The Balaban J connectivity index is 1.81. The minimum absolute atomic E-state index is 0.234. The monoisotopic (exact) mass is 411 g/mol. The van der Waals surface area contributed by atoms with E-state index in [-0.39, 0.29) is 12.5 Å². The number of nitrogens with one attached hydrogen (secondary N) is 4. The number of fused-ring (bicyclic) bond motifs is 1. The van der Waals surface area contributed by atoms with Crippen molar-refractivity contribution in [1.82, 2.24) is 10.3 Å². The van der Waals surface area contributed by atoms with Gasteiger partial charge in [0.25, 0.3) is 5.91 Å². The zero-order valence-electron chi connectivity index (χ0n) is 17.3. The number of carbonyl (C=O) groups excluding carboxylic acids is 3. The molecule has 0 spiro atoms. The number of allylic oxidation sites excluding steroid dienone is 1. The molecule has 9 nitrogen and oxygen atoms in total. The second-order valence-corrected chi connectivity index (χ2v) is 7.98. The van der Waals surface area contributed by atoms with E-state index in [1.165, 1.54) is 0 Å². The molecule has 0 bridgehead atoms. The standard InChI is InChI=1S/C21H25N5O4/c1-11(16-7-12(9-23-16)10-24-20(29)30-21(2,3)4)17-14-8-13(25-19(22)28)5-6-15(14)26-18(17)27/h5-9,23H,10H2,1-4H3,(H,24,29)(H,26,27)(H3,22,25,28)/b17-11-. The Morgan fingerprint density at radius 1 is 1.20 bits per heavy atom. The summed E-state index contributed by atoms with van der Waals surface area (Å²) in [5.41, 5.74) is 9.23. The van der Waals surface area contributed by atoms with Crippen LogP contribution in [0.1, 0.15) is 44.5 Å². The van der Waals surface area contributed by atoms with E-state index in [2.05, 4.69) is 20.9 Å². The number of benzene rings is 1. The predicted molar refractivity (Wildman–Crippen MR) is 115 cm³/mol. The topological polar surface area (TPSA) is 138 Å². The van der Waals surface area contributed by atoms with Crippen LogP contribution >= 0.6 is 0 Å². The normalized spacial score (nSPS) is 14.6. The summed E-state index contributed by atoms with van der Waals surface area (Å²) in [6, 6.07) is 6.25. The molecule has 4 amide bonds. The lowest BCUT2D eigenvalue weighted by atomic mass is 9.99. The van der Waals surface area contributed by atoms with Crippen LogP contribution in [0.15, 0.2) is 30.5 Å². The van der Waals surface area contributed by atoms with Crippen LogP contribution in [0.2, 0.25) is 0 Å². The summed E-state index contributed by atoms with van der Waals surface area (Å²) >= 11 is 0. The van der Waals surface area contributed by atoms with E-state index in [0.29, 0.717) is 22.5 Å². The lowest BCUT2D eigenvalue weighted by Crippen LogP contribution is -2.32. The average molecular weight is 411 g/mol. The van der Waals surface area contributed by atoms with Crippen LogP contribution < -0.4 is 21.7 Å². The molecule has 1 aromatic carbocycles. The first-order valence-electron chi connectivity index (χ1n) is 9.41. The summed E-state index contributed by atoms with van der Waals surface area (Å²) in [7, 11) is 0. The van der Waals surface area contributed by atoms with Crippen LogP contribution in [0, 0.1) is 0 Å². The lowest BCUT2D eigenvalue weighted by Gasteiger charge is -2.19. The molecular weight excluding hydrogens is 386 g/mol. The number of anilines is 2. The fourth-order valence-corrected chi connectivity index (χ4v) is 3.14. The van der Waals surface area contributed by atoms with Gasteiger partial charge in [-0.2, -0.15) is 0 Å². The van der Waals surface area contributed by atoms with Crippen molar-refractivity contribution in [1.29, 1.82) is 0 Å². The van der Waals surface area contributed by atoms with Crippen molar-refractivity contribution in [3.8, 4) is 0 Å². The fourth-order valence-electron chi connectivity index (χ4n) is 3.14. The second kappa shape index (κ2) is 7.94. The molecular formula is C21H25N5O4. The summed E-state index contributed by atoms with van der Waals surface area (Å²) in [6.45, 7) is 7.50. The number of ether oxygens (including phenoxy) is 1. The highest BCUT2D eigenvalue weighted by Crippen LogP contribution is 2.38. The number of rotatable bonds is 4. The van der Waals surface area contributed by atoms with Crippen molar-refractivity contribution in [2.45, 2.75) is 39.8 Å². The third kappa shape index (κ3) is 4.80. The maximum absolute atomic E-state index is 12.6. The first-order chi connectivity index (χ1) is 14.0. The molecule has 0 fully saturated rings. The summed E-state index contributed by atoms with van der Waals surface area (Å²) in [6.07, 6.45) is 1.26. The predicted octanol–water partition coefficient (Wildman–Crippen LogP) is 3.41. The van der Waals surface area contributed by atoms with Crippen molar-refractivity contribution >= 4 is 40.6 Å². The van der Waals surface area contributed by atoms with Crippen LogP contribution in [-0.2, 0) is 16.1 Å². The van der Waals surface area contributed by atoms with Gasteiger partial charge in [-0.05, 0) is 63.1 Å². The first-order valence-corrected chi connectivity index (χ1v) is 9.41. The summed E-state index contributed by atoms with van der Waals surface area (Å²) in [5.74, 6) is -0.234. The van der Waals surface area contributed by atoms with Crippen molar-refractivity contribution in [2.24, 2.45) is 5.73 Å². The number of carbonyl (C=O) groups is 3. The number of aromatic nitrogens is 1. The van der Waals surface area contributed by atoms with Crippen molar-refractivity contribution in [3.63, 3.8) is 0 Å². The molecule has 30 heavy (non-hydrogen) atoms. The molecule has 1 aromatic heterocycles. The molecule has 158 valence electrons. The van der Waals surface area contributed by atoms with E-state index < -0.39 is 17.7 Å². The average Bonchev–Trinajstić information content (AvgIpc) is 3.21. The van der Waals surface area contributed by atoms with Gasteiger partial charge in [-0.1, -0.05) is 0 Å². The highest BCUT2D eigenvalue weighted by Gasteiger charge is 2.27. The molecule has 9 heteroatoms. The van der Waals surface area contributed by atoms with Crippen LogP contribution in [0.3, 0.4) is 0 Å². The molecule has 0 saturated heterocycles. The van der Waals surface area contributed by atoms with E-state index in [0.717, 1.165) is 16.8 Å². The summed E-state index contributed by atoms with van der Waals surface area (Å²) < 4.78 is 5.23. The molecule has 3 rings (SSSR count). The molecule has 1 aliphatic rings. The number of H-pyrrole nitrogens is 1. The zero-order chi connectivity index (χ0) is 22.1. The molecule has 2 heterocycles. The molecule has 0 saturated carbocycles. The Labute approximate surface area is 174 Å². The number of nitrogens with two attached hydrogens (primary N) is 1. The van der Waals surface area contributed by atoms with Gasteiger partial charge in [0.1, 0.15) is 5.60 Å². The lowest BCUT2D eigenvalue weighted by molar-refractivity contribution is -0.110. The van der Waals surface area contributed by atoms with Gasteiger partial charge in [-0.3, -0.25) is 4.79 Å². The quantitative estimate of drug-likeness (QED) is 0.492. The number of hydrogen-bond donors (Lipinski definition) is 5. The van der Waals surface area contributed by atoms with Crippen molar-refractivity contribution in [2.75, 3.05) is 10.6 Å². The highest BCUT2D eigenvalue weighted by molar-refractivity contribution is 6.36. The van der Waals surface area contributed by atoms with E-state index in [1.54, 1.807) is 45.2 Å². The number of urea groups is 1. The van der Waals surface area contributed by atoms with Gasteiger partial charge in [-0.15, -0.1) is 0 Å². The van der Waals surface area contributed by atoms with Gasteiger partial charge in [0.15, 0.2) is 0 Å². The number of aromatic amines is 1. The molecule has 6 N–H and O–H groups in total. The highest BCUT2D eigenvalue weighted by atomic mass is 16.6.